The van der Waals surface area contributed by atoms with E-state index in [2.05, 4.69) is 38.2 Å². The average molecular weight is 240 g/mol. The second-order valence-corrected chi connectivity index (χ2v) is 5.92. The molecule has 2 heteroatoms. The van der Waals surface area contributed by atoms with Gasteiger partial charge in [0.15, 0.2) is 0 Å². The van der Waals surface area contributed by atoms with Crippen LogP contribution in [0, 0.1) is 11.8 Å². The Morgan fingerprint density at radius 1 is 1.12 bits per heavy atom. The van der Waals surface area contributed by atoms with E-state index in [1.165, 1.54) is 45.1 Å². The molecule has 0 amide bonds. The first-order chi connectivity index (χ1) is 8.19. The molecule has 1 N–H and O–H groups in total. The number of rotatable bonds is 8. The van der Waals surface area contributed by atoms with Gasteiger partial charge in [-0.15, -0.1) is 0 Å². The van der Waals surface area contributed by atoms with Crippen molar-refractivity contribution >= 4 is 0 Å². The summed E-state index contributed by atoms with van der Waals surface area (Å²) in [6, 6.07) is 0.700. The van der Waals surface area contributed by atoms with Crippen LogP contribution in [-0.2, 0) is 0 Å². The minimum absolute atomic E-state index is 0.700. The third kappa shape index (κ3) is 4.97. The van der Waals surface area contributed by atoms with Gasteiger partial charge in [-0.25, -0.2) is 0 Å². The Balaban J connectivity index is 2.28. The topological polar surface area (TPSA) is 15.3 Å². The Kier molecular flexibility index (Phi) is 7.14. The van der Waals surface area contributed by atoms with Crippen molar-refractivity contribution in [2.24, 2.45) is 11.8 Å². The van der Waals surface area contributed by atoms with Crippen LogP contribution in [0.5, 0.6) is 0 Å². The van der Waals surface area contributed by atoms with Crippen molar-refractivity contribution in [3.05, 3.63) is 0 Å². The average Bonchev–Trinajstić information content (AvgIpc) is 2.81. The lowest BCUT2D eigenvalue weighted by Gasteiger charge is -2.32. The molecule has 0 aromatic carbocycles. The predicted octanol–water partition coefficient (Wildman–Crippen LogP) is 3.13. The van der Waals surface area contributed by atoms with Gasteiger partial charge in [0.25, 0.3) is 0 Å². The van der Waals surface area contributed by atoms with Crippen LogP contribution in [-0.4, -0.2) is 38.1 Å². The van der Waals surface area contributed by atoms with Crippen LogP contribution in [0.4, 0.5) is 0 Å². The summed E-state index contributed by atoms with van der Waals surface area (Å²) in [5.74, 6) is 1.79. The van der Waals surface area contributed by atoms with E-state index in [1.54, 1.807) is 0 Å². The number of hydrogen-bond acceptors (Lipinski definition) is 2. The summed E-state index contributed by atoms with van der Waals surface area (Å²) in [4.78, 5) is 2.40. The minimum atomic E-state index is 0.700. The quantitative estimate of drug-likeness (QED) is 0.701. The fraction of sp³-hybridized carbons (Fsp3) is 1.00. The van der Waals surface area contributed by atoms with E-state index in [1.807, 2.05) is 0 Å². The number of nitrogens with zero attached hydrogens (tertiary/aromatic N) is 1. The Labute approximate surface area is 108 Å². The molecule has 1 rings (SSSR count). The summed E-state index contributed by atoms with van der Waals surface area (Å²) in [6.07, 6.45) is 8.40. The third-order valence-corrected chi connectivity index (χ3v) is 4.52. The fourth-order valence-corrected chi connectivity index (χ4v) is 3.25. The summed E-state index contributed by atoms with van der Waals surface area (Å²) in [5, 5.41) is 3.72. The summed E-state index contributed by atoms with van der Waals surface area (Å²) in [6.45, 7) is 7.05. The second kappa shape index (κ2) is 8.10. The molecule has 1 fully saturated rings. The molecule has 1 saturated carbocycles. The lowest BCUT2D eigenvalue weighted by Crippen LogP contribution is -2.43. The number of nitrogens with one attached hydrogen (secondary N) is 1. The monoisotopic (exact) mass is 240 g/mol. The SMILES string of the molecule is CCC(CC)C(CNCC1CCCC1)N(C)C. The molecule has 1 unspecified atom stereocenters. The molecule has 0 heterocycles. The van der Waals surface area contributed by atoms with Gasteiger partial charge < -0.3 is 10.2 Å². The minimum Gasteiger partial charge on any atom is -0.315 e. The standard InChI is InChI=1S/C15H32N2/c1-5-14(6-2)15(17(3)4)12-16-11-13-9-7-8-10-13/h13-16H,5-12H2,1-4H3. The summed E-state index contributed by atoms with van der Waals surface area (Å²) in [7, 11) is 4.44. The maximum absolute atomic E-state index is 3.72. The van der Waals surface area contributed by atoms with Crippen molar-refractivity contribution in [1.82, 2.24) is 10.2 Å². The van der Waals surface area contributed by atoms with Crippen LogP contribution >= 0.6 is 0 Å². The van der Waals surface area contributed by atoms with Gasteiger partial charge in [-0.2, -0.15) is 0 Å². The van der Waals surface area contributed by atoms with Gasteiger partial charge in [-0.1, -0.05) is 39.5 Å². The van der Waals surface area contributed by atoms with Gasteiger partial charge in [0.1, 0.15) is 0 Å². The lowest BCUT2D eigenvalue weighted by molar-refractivity contribution is 0.192. The zero-order chi connectivity index (χ0) is 12.7. The van der Waals surface area contributed by atoms with Crippen molar-refractivity contribution in [3.63, 3.8) is 0 Å². The molecule has 0 aliphatic heterocycles. The molecular formula is C15H32N2. The maximum atomic E-state index is 3.72. The largest absolute Gasteiger partial charge is 0.315 e. The molecular weight excluding hydrogens is 208 g/mol. The zero-order valence-electron chi connectivity index (χ0n) is 12.3. The molecule has 102 valence electrons. The molecule has 1 aliphatic carbocycles. The molecule has 0 bridgehead atoms. The summed E-state index contributed by atoms with van der Waals surface area (Å²) in [5.41, 5.74) is 0. The van der Waals surface area contributed by atoms with Crippen LogP contribution in [0.25, 0.3) is 0 Å². The highest BCUT2D eigenvalue weighted by Crippen LogP contribution is 2.24. The van der Waals surface area contributed by atoms with Crippen LogP contribution in [0.3, 0.4) is 0 Å². The molecule has 2 nitrogen and oxygen atoms in total. The molecule has 0 radical (unpaired) electrons. The molecule has 0 saturated heterocycles. The Morgan fingerprint density at radius 3 is 2.18 bits per heavy atom. The van der Waals surface area contributed by atoms with Gasteiger partial charge in [0, 0.05) is 12.6 Å². The van der Waals surface area contributed by atoms with Gasteiger partial charge in [-0.3, -0.25) is 0 Å². The Bertz CT molecular complexity index is 181. The van der Waals surface area contributed by atoms with Gasteiger partial charge in [0.05, 0.1) is 0 Å². The van der Waals surface area contributed by atoms with E-state index in [9.17, 15) is 0 Å². The van der Waals surface area contributed by atoms with E-state index < -0.39 is 0 Å². The summed E-state index contributed by atoms with van der Waals surface area (Å²) >= 11 is 0. The van der Waals surface area contributed by atoms with Crippen LogP contribution in [0.15, 0.2) is 0 Å². The zero-order valence-corrected chi connectivity index (χ0v) is 12.3. The Hall–Kier alpha value is -0.0800. The van der Waals surface area contributed by atoms with E-state index in [-0.39, 0.29) is 0 Å². The van der Waals surface area contributed by atoms with E-state index in [0.717, 1.165) is 18.4 Å². The van der Waals surface area contributed by atoms with Crippen LogP contribution in [0.2, 0.25) is 0 Å². The summed E-state index contributed by atoms with van der Waals surface area (Å²) < 4.78 is 0. The molecule has 0 aromatic heterocycles. The first kappa shape index (κ1) is 15.0. The smallest absolute Gasteiger partial charge is 0.0242 e. The fourth-order valence-electron chi connectivity index (χ4n) is 3.25. The molecule has 1 aliphatic rings. The van der Waals surface area contributed by atoms with Crippen molar-refractivity contribution < 1.29 is 0 Å². The molecule has 0 aromatic rings. The highest BCUT2D eigenvalue weighted by atomic mass is 15.1. The van der Waals surface area contributed by atoms with Gasteiger partial charge in [-0.05, 0) is 45.3 Å². The Morgan fingerprint density at radius 2 is 1.71 bits per heavy atom. The predicted molar refractivity (Wildman–Crippen MR) is 76.4 cm³/mol. The first-order valence-electron chi connectivity index (χ1n) is 7.56. The van der Waals surface area contributed by atoms with E-state index in [4.69, 9.17) is 0 Å². The maximum Gasteiger partial charge on any atom is 0.0242 e. The van der Waals surface area contributed by atoms with Crippen LogP contribution < -0.4 is 5.32 Å². The van der Waals surface area contributed by atoms with Crippen LogP contribution in [0.1, 0.15) is 52.4 Å². The molecule has 17 heavy (non-hydrogen) atoms. The number of hydrogen-bond donors (Lipinski definition) is 1. The third-order valence-electron chi connectivity index (χ3n) is 4.52. The van der Waals surface area contributed by atoms with Gasteiger partial charge >= 0.3 is 0 Å². The molecule has 1 atom stereocenters. The normalized spacial score (nSPS) is 19.4. The van der Waals surface area contributed by atoms with Gasteiger partial charge in [0.2, 0.25) is 0 Å². The van der Waals surface area contributed by atoms with Crippen molar-refractivity contribution in [2.45, 2.75) is 58.4 Å². The van der Waals surface area contributed by atoms with Crippen molar-refractivity contribution in [1.29, 1.82) is 0 Å². The molecule has 0 spiro atoms. The highest BCUT2D eigenvalue weighted by Gasteiger charge is 2.21. The number of likely N-dealkylation sites (N-methyl/N-ethyl adjacent to an activating group) is 1. The van der Waals surface area contributed by atoms with E-state index in [0.29, 0.717) is 6.04 Å². The highest BCUT2D eigenvalue weighted by molar-refractivity contribution is 4.78. The van der Waals surface area contributed by atoms with E-state index >= 15 is 0 Å². The lowest BCUT2D eigenvalue weighted by atomic mass is 9.93. The first-order valence-corrected chi connectivity index (χ1v) is 7.56. The van der Waals surface area contributed by atoms with Crippen molar-refractivity contribution in [3.8, 4) is 0 Å². The van der Waals surface area contributed by atoms with Crippen molar-refractivity contribution in [2.75, 3.05) is 27.2 Å². The second-order valence-electron chi connectivity index (χ2n) is 5.92.